The standard InChI is InChI=1S/C17H22FNO2/c1-19-16(17(20-2)9-4-3-5-10-17)14-11-12-7-6-8-13(18)15(12)21-14/h6-8,11,16,19H,3-5,9-10H2,1-2H3. The van der Waals surface area contributed by atoms with Crippen LogP contribution in [0, 0.1) is 5.82 Å². The van der Waals surface area contributed by atoms with Crippen molar-refractivity contribution in [2.75, 3.05) is 14.2 Å². The van der Waals surface area contributed by atoms with Gasteiger partial charge in [0.15, 0.2) is 11.4 Å². The second-order valence-electron chi connectivity index (χ2n) is 5.86. The summed E-state index contributed by atoms with van der Waals surface area (Å²) in [6.07, 6.45) is 5.54. The second kappa shape index (κ2) is 5.78. The topological polar surface area (TPSA) is 34.4 Å². The maximum Gasteiger partial charge on any atom is 0.169 e. The molecule has 2 aromatic rings. The van der Waals surface area contributed by atoms with Crippen molar-refractivity contribution >= 4 is 11.0 Å². The zero-order valence-corrected chi connectivity index (χ0v) is 12.6. The van der Waals surface area contributed by atoms with E-state index in [-0.39, 0.29) is 17.5 Å². The third-order valence-corrected chi connectivity index (χ3v) is 4.72. The van der Waals surface area contributed by atoms with Gasteiger partial charge in [-0.25, -0.2) is 4.39 Å². The Bertz CT molecular complexity index is 616. The van der Waals surface area contributed by atoms with Crippen LogP contribution in [0.3, 0.4) is 0 Å². The van der Waals surface area contributed by atoms with E-state index in [1.54, 1.807) is 13.2 Å². The van der Waals surface area contributed by atoms with Crippen molar-refractivity contribution in [1.82, 2.24) is 5.32 Å². The molecule has 114 valence electrons. The van der Waals surface area contributed by atoms with Gasteiger partial charge >= 0.3 is 0 Å². The van der Waals surface area contributed by atoms with Gasteiger partial charge in [0.2, 0.25) is 0 Å². The van der Waals surface area contributed by atoms with Gasteiger partial charge in [0, 0.05) is 12.5 Å². The predicted octanol–water partition coefficient (Wildman–Crippen LogP) is 4.18. The Morgan fingerprint density at radius 3 is 2.67 bits per heavy atom. The van der Waals surface area contributed by atoms with Gasteiger partial charge in [-0.05, 0) is 32.0 Å². The predicted molar refractivity (Wildman–Crippen MR) is 80.8 cm³/mol. The highest BCUT2D eigenvalue weighted by Gasteiger charge is 2.42. The minimum Gasteiger partial charge on any atom is -0.456 e. The maximum atomic E-state index is 13.8. The van der Waals surface area contributed by atoms with E-state index in [1.807, 2.05) is 19.2 Å². The molecule has 3 nitrogen and oxygen atoms in total. The van der Waals surface area contributed by atoms with Crippen molar-refractivity contribution in [3.05, 3.63) is 35.8 Å². The summed E-state index contributed by atoms with van der Waals surface area (Å²) in [6, 6.07) is 6.87. The highest BCUT2D eigenvalue weighted by molar-refractivity contribution is 5.78. The molecule has 0 amide bonds. The van der Waals surface area contributed by atoms with Crippen molar-refractivity contribution in [2.24, 2.45) is 0 Å². The first-order chi connectivity index (χ1) is 10.2. The molecule has 4 heteroatoms. The molecular formula is C17H22FNO2. The molecule has 21 heavy (non-hydrogen) atoms. The molecule has 0 radical (unpaired) electrons. The van der Waals surface area contributed by atoms with Crippen LogP contribution < -0.4 is 5.32 Å². The molecule has 3 rings (SSSR count). The molecule has 1 aromatic carbocycles. The summed E-state index contributed by atoms with van der Waals surface area (Å²) >= 11 is 0. The summed E-state index contributed by atoms with van der Waals surface area (Å²) < 4.78 is 25.6. The monoisotopic (exact) mass is 291 g/mol. The number of likely N-dealkylation sites (N-methyl/N-ethyl adjacent to an activating group) is 1. The number of rotatable bonds is 4. The number of halogens is 1. The van der Waals surface area contributed by atoms with Crippen LogP contribution in [0.25, 0.3) is 11.0 Å². The zero-order chi connectivity index (χ0) is 14.9. The molecule has 1 unspecified atom stereocenters. The summed E-state index contributed by atoms with van der Waals surface area (Å²) in [7, 11) is 3.67. The quantitative estimate of drug-likeness (QED) is 0.917. The SMILES string of the molecule is CNC(c1cc2cccc(F)c2o1)C1(OC)CCCCC1. The van der Waals surface area contributed by atoms with Gasteiger partial charge in [0.25, 0.3) is 0 Å². The first-order valence-corrected chi connectivity index (χ1v) is 7.60. The van der Waals surface area contributed by atoms with E-state index in [0.29, 0.717) is 5.58 Å². The van der Waals surface area contributed by atoms with E-state index in [4.69, 9.17) is 9.15 Å². The molecule has 0 bridgehead atoms. The van der Waals surface area contributed by atoms with Crippen molar-refractivity contribution in [1.29, 1.82) is 0 Å². The van der Waals surface area contributed by atoms with Crippen molar-refractivity contribution in [3.63, 3.8) is 0 Å². The van der Waals surface area contributed by atoms with Crippen LogP contribution in [0.4, 0.5) is 4.39 Å². The van der Waals surface area contributed by atoms with E-state index >= 15 is 0 Å². The minimum absolute atomic E-state index is 0.0606. The van der Waals surface area contributed by atoms with Gasteiger partial charge in [-0.1, -0.05) is 31.4 Å². The Morgan fingerprint density at radius 1 is 1.29 bits per heavy atom. The Kier molecular flexibility index (Phi) is 4.00. The number of furan rings is 1. The van der Waals surface area contributed by atoms with Crippen LogP contribution in [-0.2, 0) is 4.74 Å². The summed E-state index contributed by atoms with van der Waals surface area (Å²) in [4.78, 5) is 0. The van der Waals surface area contributed by atoms with Crippen molar-refractivity contribution in [3.8, 4) is 0 Å². The molecule has 0 spiro atoms. The average Bonchev–Trinajstić information content (AvgIpc) is 2.94. The van der Waals surface area contributed by atoms with Gasteiger partial charge in [-0.15, -0.1) is 0 Å². The molecule has 1 saturated carbocycles. The number of nitrogens with one attached hydrogen (secondary N) is 1. The number of hydrogen-bond acceptors (Lipinski definition) is 3. The largest absolute Gasteiger partial charge is 0.456 e. The number of benzene rings is 1. The highest BCUT2D eigenvalue weighted by Crippen LogP contribution is 2.42. The second-order valence-corrected chi connectivity index (χ2v) is 5.86. The molecule has 1 aliphatic carbocycles. The van der Waals surface area contributed by atoms with Crippen molar-refractivity contribution < 1.29 is 13.5 Å². The summed E-state index contributed by atoms with van der Waals surface area (Å²) in [5.74, 6) is 0.435. The number of methoxy groups -OCH3 is 1. The van der Waals surface area contributed by atoms with Gasteiger partial charge in [-0.3, -0.25) is 0 Å². The van der Waals surface area contributed by atoms with E-state index < -0.39 is 0 Å². The van der Waals surface area contributed by atoms with Crippen LogP contribution in [0.5, 0.6) is 0 Å². The van der Waals surface area contributed by atoms with Gasteiger partial charge in [0.05, 0.1) is 11.6 Å². The summed E-state index contributed by atoms with van der Waals surface area (Å²) in [5.41, 5.74) is 0.0620. The lowest BCUT2D eigenvalue weighted by Gasteiger charge is -2.41. The molecule has 1 N–H and O–H groups in total. The lowest BCUT2D eigenvalue weighted by Crippen LogP contribution is -2.45. The van der Waals surface area contributed by atoms with E-state index in [1.165, 1.54) is 12.5 Å². The third kappa shape index (κ3) is 2.47. The first kappa shape index (κ1) is 14.5. The van der Waals surface area contributed by atoms with Crippen LogP contribution in [-0.4, -0.2) is 19.8 Å². The summed E-state index contributed by atoms with van der Waals surface area (Å²) in [5, 5.41) is 4.12. The first-order valence-electron chi connectivity index (χ1n) is 7.60. The maximum absolute atomic E-state index is 13.8. The fourth-order valence-electron chi connectivity index (χ4n) is 3.62. The molecule has 1 aliphatic rings. The number of para-hydroxylation sites is 1. The average molecular weight is 291 g/mol. The highest BCUT2D eigenvalue weighted by atomic mass is 19.1. The lowest BCUT2D eigenvalue weighted by atomic mass is 9.78. The molecule has 1 aromatic heterocycles. The lowest BCUT2D eigenvalue weighted by molar-refractivity contribution is -0.0713. The number of hydrogen-bond donors (Lipinski definition) is 1. The van der Waals surface area contributed by atoms with E-state index in [2.05, 4.69) is 5.32 Å². The Morgan fingerprint density at radius 2 is 2.05 bits per heavy atom. The normalized spacial score (nSPS) is 19.8. The van der Waals surface area contributed by atoms with E-state index in [0.717, 1.165) is 36.8 Å². The molecular weight excluding hydrogens is 269 g/mol. The molecule has 1 fully saturated rings. The Labute approximate surface area is 124 Å². The smallest absolute Gasteiger partial charge is 0.169 e. The van der Waals surface area contributed by atoms with Crippen LogP contribution in [0.1, 0.15) is 43.9 Å². The van der Waals surface area contributed by atoms with Crippen LogP contribution in [0.15, 0.2) is 28.7 Å². The molecule has 1 atom stereocenters. The Hall–Kier alpha value is -1.39. The molecule has 1 heterocycles. The number of ether oxygens (including phenoxy) is 1. The van der Waals surface area contributed by atoms with Gasteiger partial charge in [0.1, 0.15) is 5.76 Å². The van der Waals surface area contributed by atoms with Gasteiger partial charge in [-0.2, -0.15) is 0 Å². The minimum atomic E-state index is -0.316. The van der Waals surface area contributed by atoms with Crippen molar-refractivity contribution in [2.45, 2.75) is 43.7 Å². The zero-order valence-electron chi connectivity index (χ0n) is 12.6. The third-order valence-electron chi connectivity index (χ3n) is 4.72. The summed E-state index contributed by atoms with van der Waals surface area (Å²) in [6.45, 7) is 0. The van der Waals surface area contributed by atoms with Gasteiger partial charge < -0.3 is 14.5 Å². The van der Waals surface area contributed by atoms with E-state index in [9.17, 15) is 4.39 Å². The fraction of sp³-hybridized carbons (Fsp3) is 0.529. The van der Waals surface area contributed by atoms with Crippen LogP contribution >= 0.6 is 0 Å². The number of fused-ring (bicyclic) bond motifs is 1. The fourth-order valence-corrected chi connectivity index (χ4v) is 3.62. The molecule has 0 saturated heterocycles. The molecule has 0 aliphatic heterocycles. The Balaban J connectivity index is 2.02. The van der Waals surface area contributed by atoms with Crippen LogP contribution in [0.2, 0.25) is 0 Å².